The van der Waals surface area contributed by atoms with Gasteiger partial charge in [-0.1, -0.05) is 13.0 Å². The molecule has 0 aliphatic carbocycles. The van der Waals surface area contributed by atoms with Gasteiger partial charge in [-0.2, -0.15) is 0 Å². The van der Waals surface area contributed by atoms with Crippen molar-refractivity contribution in [3.63, 3.8) is 0 Å². The van der Waals surface area contributed by atoms with Gasteiger partial charge in [0.05, 0.1) is 12.3 Å². The molecule has 0 fully saturated rings. The van der Waals surface area contributed by atoms with Crippen molar-refractivity contribution in [1.82, 2.24) is 4.98 Å². The van der Waals surface area contributed by atoms with Crippen LogP contribution in [-0.4, -0.2) is 17.5 Å². The van der Waals surface area contributed by atoms with Crippen molar-refractivity contribution in [2.45, 2.75) is 25.9 Å². The number of alkyl halides is 2. The molecule has 0 atom stereocenters. The first-order valence-corrected chi connectivity index (χ1v) is 4.49. The van der Waals surface area contributed by atoms with Gasteiger partial charge in [0.2, 0.25) is 0 Å². The zero-order valence-electron chi connectivity index (χ0n) is 8.04. The summed E-state index contributed by atoms with van der Waals surface area (Å²) in [4.78, 5) is 3.95. The van der Waals surface area contributed by atoms with Crippen LogP contribution >= 0.6 is 0 Å². The van der Waals surface area contributed by atoms with Crippen molar-refractivity contribution in [3.8, 4) is 0 Å². The predicted octanol–water partition coefficient (Wildman–Crippen LogP) is 2.64. The number of ether oxygens (including phenoxy) is 1. The van der Waals surface area contributed by atoms with Crippen molar-refractivity contribution < 1.29 is 13.5 Å². The Bertz CT molecular complexity index is 264. The molecule has 1 heterocycles. The fourth-order valence-corrected chi connectivity index (χ4v) is 0.890. The van der Waals surface area contributed by atoms with Crippen LogP contribution in [0.2, 0.25) is 0 Å². The fourth-order valence-electron chi connectivity index (χ4n) is 0.890. The van der Waals surface area contributed by atoms with Crippen LogP contribution in [0, 0.1) is 0 Å². The predicted molar refractivity (Wildman–Crippen MR) is 49.1 cm³/mol. The van der Waals surface area contributed by atoms with E-state index in [9.17, 15) is 8.78 Å². The number of halogens is 2. The summed E-state index contributed by atoms with van der Waals surface area (Å²) < 4.78 is 30.3. The minimum atomic E-state index is -2.73. The summed E-state index contributed by atoms with van der Waals surface area (Å²) in [5.74, 6) is -2.73. The molecule has 0 aromatic carbocycles. The molecule has 0 spiro atoms. The Hall–Kier alpha value is -1.03. The third-order valence-corrected chi connectivity index (χ3v) is 1.81. The normalized spacial score (nSPS) is 11.6. The van der Waals surface area contributed by atoms with Gasteiger partial charge in [-0.3, -0.25) is 4.98 Å². The Morgan fingerprint density at radius 2 is 2.21 bits per heavy atom. The SMILES string of the molecule is CCC(F)(F)COCc1ccccn1. The highest BCUT2D eigenvalue weighted by atomic mass is 19.3. The van der Waals surface area contributed by atoms with Gasteiger partial charge in [0.25, 0.3) is 5.92 Å². The maximum Gasteiger partial charge on any atom is 0.270 e. The van der Waals surface area contributed by atoms with Crippen molar-refractivity contribution in [2.24, 2.45) is 0 Å². The van der Waals surface area contributed by atoms with Crippen LogP contribution in [0.15, 0.2) is 24.4 Å². The zero-order valence-corrected chi connectivity index (χ0v) is 8.04. The molecule has 1 aromatic rings. The summed E-state index contributed by atoms with van der Waals surface area (Å²) in [5, 5.41) is 0. The lowest BCUT2D eigenvalue weighted by molar-refractivity contribution is -0.0839. The number of nitrogens with zero attached hydrogens (tertiary/aromatic N) is 1. The quantitative estimate of drug-likeness (QED) is 0.730. The second-order valence-electron chi connectivity index (χ2n) is 3.02. The van der Waals surface area contributed by atoms with Crippen molar-refractivity contribution in [1.29, 1.82) is 0 Å². The number of aromatic nitrogens is 1. The van der Waals surface area contributed by atoms with E-state index in [2.05, 4.69) is 4.98 Å². The Morgan fingerprint density at radius 1 is 1.43 bits per heavy atom. The molecule has 78 valence electrons. The molecule has 0 aliphatic heterocycles. The molecule has 14 heavy (non-hydrogen) atoms. The summed E-state index contributed by atoms with van der Waals surface area (Å²) in [5.41, 5.74) is 0.666. The Morgan fingerprint density at radius 3 is 2.79 bits per heavy atom. The van der Waals surface area contributed by atoms with E-state index >= 15 is 0 Å². The molecular weight excluding hydrogens is 188 g/mol. The highest BCUT2D eigenvalue weighted by Gasteiger charge is 2.26. The minimum Gasteiger partial charge on any atom is -0.369 e. The van der Waals surface area contributed by atoms with Crippen molar-refractivity contribution >= 4 is 0 Å². The Balaban J connectivity index is 2.29. The van der Waals surface area contributed by atoms with Gasteiger partial charge >= 0.3 is 0 Å². The number of rotatable bonds is 5. The molecule has 1 aromatic heterocycles. The van der Waals surface area contributed by atoms with Crippen LogP contribution in [0.4, 0.5) is 8.78 Å². The van der Waals surface area contributed by atoms with Crippen LogP contribution in [0.1, 0.15) is 19.0 Å². The molecule has 4 heteroatoms. The van der Waals surface area contributed by atoms with Crippen molar-refractivity contribution in [2.75, 3.05) is 6.61 Å². The van der Waals surface area contributed by atoms with Crippen LogP contribution in [0.25, 0.3) is 0 Å². The molecule has 0 aliphatic rings. The standard InChI is InChI=1S/C10H13F2NO/c1-2-10(11,12)8-14-7-9-5-3-4-6-13-9/h3-6H,2,7-8H2,1H3. The van der Waals surface area contributed by atoms with Crippen LogP contribution < -0.4 is 0 Å². The van der Waals surface area contributed by atoms with E-state index in [1.165, 1.54) is 6.92 Å². The maximum atomic E-state index is 12.7. The zero-order chi connectivity index (χ0) is 10.4. The maximum absolute atomic E-state index is 12.7. The van der Waals surface area contributed by atoms with Gasteiger partial charge in [-0.25, -0.2) is 8.78 Å². The smallest absolute Gasteiger partial charge is 0.270 e. The topological polar surface area (TPSA) is 22.1 Å². The van der Waals surface area contributed by atoms with Gasteiger partial charge in [-0.05, 0) is 12.1 Å². The molecule has 0 radical (unpaired) electrons. The monoisotopic (exact) mass is 201 g/mol. The second kappa shape index (κ2) is 5.00. The van der Waals surface area contributed by atoms with Crippen molar-refractivity contribution in [3.05, 3.63) is 30.1 Å². The molecule has 0 unspecified atom stereocenters. The van der Waals surface area contributed by atoms with E-state index in [0.717, 1.165) is 0 Å². The first-order chi connectivity index (χ1) is 6.64. The lowest BCUT2D eigenvalue weighted by Gasteiger charge is -2.13. The second-order valence-corrected chi connectivity index (χ2v) is 3.02. The minimum absolute atomic E-state index is 0.135. The molecule has 2 nitrogen and oxygen atoms in total. The Labute approximate surface area is 81.9 Å². The van der Waals surface area contributed by atoms with Gasteiger partial charge in [0.1, 0.15) is 6.61 Å². The summed E-state index contributed by atoms with van der Waals surface area (Å²) >= 11 is 0. The summed E-state index contributed by atoms with van der Waals surface area (Å²) in [6.07, 6.45) is 1.41. The summed E-state index contributed by atoms with van der Waals surface area (Å²) in [7, 11) is 0. The first kappa shape index (κ1) is 11.0. The van der Waals surface area contributed by atoms with E-state index in [0.29, 0.717) is 5.69 Å². The molecule has 0 bridgehead atoms. The van der Waals surface area contributed by atoms with E-state index in [4.69, 9.17) is 4.74 Å². The number of hydrogen-bond acceptors (Lipinski definition) is 2. The number of pyridine rings is 1. The van der Waals surface area contributed by atoms with E-state index < -0.39 is 12.5 Å². The van der Waals surface area contributed by atoms with E-state index in [1.54, 1.807) is 24.4 Å². The lowest BCUT2D eigenvalue weighted by atomic mass is 10.3. The Kier molecular flexibility index (Phi) is 3.95. The lowest BCUT2D eigenvalue weighted by Crippen LogP contribution is -2.22. The molecule has 0 saturated heterocycles. The van der Waals surface area contributed by atoms with Gasteiger partial charge in [-0.15, -0.1) is 0 Å². The van der Waals surface area contributed by atoms with E-state index in [-0.39, 0.29) is 13.0 Å². The first-order valence-electron chi connectivity index (χ1n) is 4.49. The summed E-state index contributed by atoms with van der Waals surface area (Å²) in [6.45, 7) is 1.03. The van der Waals surface area contributed by atoms with Gasteiger partial charge < -0.3 is 4.74 Å². The molecule has 1 rings (SSSR count). The van der Waals surface area contributed by atoms with E-state index in [1.807, 2.05) is 0 Å². The number of hydrogen-bond donors (Lipinski definition) is 0. The largest absolute Gasteiger partial charge is 0.369 e. The average molecular weight is 201 g/mol. The van der Waals surface area contributed by atoms with Gasteiger partial charge in [0.15, 0.2) is 0 Å². The van der Waals surface area contributed by atoms with Crippen LogP contribution in [0.3, 0.4) is 0 Å². The molecular formula is C10H13F2NO. The highest BCUT2D eigenvalue weighted by Crippen LogP contribution is 2.18. The van der Waals surface area contributed by atoms with Gasteiger partial charge in [0, 0.05) is 12.6 Å². The van der Waals surface area contributed by atoms with Crippen LogP contribution in [0.5, 0.6) is 0 Å². The third-order valence-electron chi connectivity index (χ3n) is 1.81. The molecule has 0 saturated carbocycles. The fraction of sp³-hybridized carbons (Fsp3) is 0.500. The third kappa shape index (κ3) is 3.79. The van der Waals surface area contributed by atoms with Crippen LogP contribution in [-0.2, 0) is 11.3 Å². The molecule has 0 N–H and O–H groups in total. The highest BCUT2D eigenvalue weighted by molar-refractivity contribution is 5.01. The summed E-state index contributed by atoms with van der Waals surface area (Å²) in [6, 6.07) is 5.30. The average Bonchev–Trinajstić information content (AvgIpc) is 2.19. The molecule has 0 amide bonds.